The summed E-state index contributed by atoms with van der Waals surface area (Å²) in [7, 11) is 0. The minimum atomic E-state index is -0.390. The Morgan fingerprint density at radius 1 is 1.44 bits per heavy atom. The lowest BCUT2D eigenvalue weighted by atomic mass is 10.2. The van der Waals surface area contributed by atoms with E-state index >= 15 is 0 Å². The largest absolute Gasteiger partial charge is 0.351 e. The Morgan fingerprint density at radius 2 is 2.25 bits per heavy atom. The number of benzene rings is 1. The van der Waals surface area contributed by atoms with Crippen molar-refractivity contribution in [3.8, 4) is 0 Å². The molecule has 0 spiro atoms. The van der Waals surface area contributed by atoms with Gasteiger partial charge in [0.05, 0.1) is 4.92 Å². The zero-order chi connectivity index (χ0) is 11.4. The number of hydrogen-bond donors (Lipinski definition) is 2. The van der Waals surface area contributed by atoms with Gasteiger partial charge in [-0.05, 0) is 0 Å². The Balaban J connectivity index is 2.12. The van der Waals surface area contributed by atoms with E-state index in [1.165, 1.54) is 6.07 Å². The quantitative estimate of drug-likeness (QED) is 0.606. The third kappa shape index (κ3) is 2.17. The van der Waals surface area contributed by atoms with E-state index in [1.807, 2.05) is 0 Å². The van der Waals surface area contributed by atoms with Gasteiger partial charge in [0, 0.05) is 30.6 Å². The van der Waals surface area contributed by atoms with Crippen LogP contribution in [0.15, 0.2) is 36.7 Å². The lowest BCUT2D eigenvalue weighted by molar-refractivity contribution is -0.385. The lowest BCUT2D eigenvalue weighted by Gasteiger charge is -2.03. The van der Waals surface area contributed by atoms with Crippen molar-refractivity contribution < 1.29 is 4.92 Å². The molecule has 0 aliphatic carbocycles. The number of aromatic amines is 1. The molecular weight excluding hydrogens is 208 g/mol. The fraction of sp³-hybridized carbons (Fsp3) is 0.100. The molecule has 0 saturated carbocycles. The Kier molecular flexibility index (Phi) is 2.81. The van der Waals surface area contributed by atoms with Crippen molar-refractivity contribution in [1.29, 1.82) is 0 Å². The first-order valence-corrected chi connectivity index (χ1v) is 4.73. The highest BCUT2D eigenvalue weighted by atomic mass is 16.6. The van der Waals surface area contributed by atoms with Gasteiger partial charge in [-0.1, -0.05) is 18.2 Å². The maximum Gasteiger partial charge on any atom is 0.274 e. The number of imidazole rings is 1. The predicted molar refractivity (Wildman–Crippen MR) is 59.0 cm³/mol. The maximum atomic E-state index is 10.7. The number of rotatable bonds is 4. The molecule has 1 aromatic heterocycles. The van der Waals surface area contributed by atoms with Crippen LogP contribution in [0.25, 0.3) is 0 Å². The van der Waals surface area contributed by atoms with Crippen LogP contribution in [0, 0.1) is 10.1 Å². The van der Waals surface area contributed by atoms with Crippen molar-refractivity contribution in [3.05, 3.63) is 52.3 Å². The van der Waals surface area contributed by atoms with Crippen LogP contribution in [-0.4, -0.2) is 14.9 Å². The van der Waals surface area contributed by atoms with Gasteiger partial charge in [0.15, 0.2) is 5.95 Å². The Labute approximate surface area is 91.5 Å². The van der Waals surface area contributed by atoms with Gasteiger partial charge in [-0.15, -0.1) is 0 Å². The highest BCUT2D eigenvalue weighted by molar-refractivity contribution is 5.41. The fourth-order valence-electron chi connectivity index (χ4n) is 1.38. The second-order valence-corrected chi connectivity index (χ2v) is 3.18. The van der Waals surface area contributed by atoms with E-state index in [1.54, 1.807) is 30.6 Å². The van der Waals surface area contributed by atoms with Crippen LogP contribution < -0.4 is 5.32 Å². The van der Waals surface area contributed by atoms with E-state index in [2.05, 4.69) is 15.3 Å². The Bertz CT molecular complexity index is 481. The van der Waals surface area contributed by atoms with Crippen LogP contribution in [0.4, 0.5) is 11.6 Å². The molecule has 82 valence electrons. The predicted octanol–water partition coefficient (Wildman–Crippen LogP) is 1.93. The number of H-pyrrole nitrogens is 1. The SMILES string of the molecule is O=[N+]([O-])c1ccccc1CNc1ncc[nH]1. The van der Waals surface area contributed by atoms with Gasteiger partial charge < -0.3 is 10.3 Å². The van der Waals surface area contributed by atoms with Crippen LogP contribution >= 0.6 is 0 Å². The molecular formula is C10H10N4O2. The maximum absolute atomic E-state index is 10.7. The summed E-state index contributed by atoms with van der Waals surface area (Å²) in [5.41, 5.74) is 0.741. The third-order valence-corrected chi connectivity index (χ3v) is 2.13. The first-order chi connectivity index (χ1) is 7.77. The molecule has 0 atom stereocenters. The van der Waals surface area contributed by atoms with Gasteiger partial charge in [0.1, 0.15) is 0 Å². The number of nitro benzene ring substituents is 1. The van der Waals surface area contributed by atoms with Gasteiger partial charge in [-0.2, -0.15) is 0 Å². The van der Waals surface area contributed by atoms with Crippen molar-refractivity contribution in [2.24, 2.45) is 0 Å². The summed E-state index contributed by atoms with van der Waals surface area (Å²) in [6.07, 6.45) is 3.30. The normalized spacial score (nSPS) is 10.0. The van der Waals surface area contributed by atoms with Crippen LogP contribution in [-0.2, 0) is 6.54 Å². The number of nitrogens with zero attached hydrogens (tertiary/aromatic N) is 2. The van der Waals surface area contributed by atoms with Gasteiger partial charge >= 0.3 is 0 Å². The molecule has 0 radical (unpaired) electrons. The molecule has 6 nitrogen and oxygen atoms in total. The highest BCUT2D eigenvalue weighted by Crippen LogP contribution is 2.18. The van der Waals surface area contributed by atoms with Gasteiger partial charge in [0.2, 0.25) is 0 Å². The zero-order valence-electron chi connectivity index (χ0n) is 8.38. The summed E-state index contributed by atoms with van der Waals surface area (Å²) in [4.78, 5) is 17.2. The molecule has 2 aromatic rings. The molecule has 0 unspecified atom stereocenters. The number of anilines is 1. The molecule has 0 bridgehead atoms. The topological polar surface area (TPSA) is 83.8 Å². The number of aromatic nitrogens is 2. The van der Waals surface area contributed by atoms with E-state index < -0.39 is 0 Å². The smallest absolute Gasteiger partial charge is 0.274 e. The summed E-state index contributed by atoms with van der Waals surface area (Å²) >= 11 is 0. The molecule has 1 heterocycles. The second kappa shape index (κ2) is 4.43. The highest BCUT2D eigenvalue weighted by Gasteiger charge is 2.11. The number of hydrogen-bond acceptors (Lipinski definition) is 4. The molecule has 2 rings (SSSR count). The number of nitro groups is 1. The molecule has 0 aliphatic rings. The Hall–Kier alpha value is -2.37. The van der Waals surface area contributed by atoms with Gasteiger partial charge in [-0.3, -0.25) is 10.1 Å². The first-order valence-electron chi connectivity index (χ1n) is 4.73. The Morgan fingerprint density at radius 3 is 2.94 bits per heavy atom. The molecule has 0 fully saturated rings. The summed E-state index contributed by atoms with van der Waals surface area (Å²) in [5.74, 6) is 0.596. The minimum Gasteiger partial charge on any atom is -0.351 e. The second-order valence-electron chi connectivity index (χ2n) is 3.18. The molecule has 16 heavy (non-hydrogen) atoms. The number of para-hydroxylation sites is 1. The molecule has 0 saturated heterocycles. The van der Waals surface area contributed by atoms with E-state index in [0.29, 0.717) is 18.1 Å². The molecule has 1 aromatic carbocycles. The van der Waals surface area contributed by atoms with Crippen molar-refractivity contribution in [2.75, 3.05) is 5.32 Å². The van der Waals surface area contributed by atoms with E-state index in [9.17, 15) is 10.1 Å². The first kappa shape index (κ1) is 10.2. The standard InChI is InChI=1S/C10H10N4O2/c15-14(16)9-4-2-1-3-8(9)7-13-10-11-5-6-12-10/h1-6H,7H2,(H2,11,12,13). The minimum absolute atomic E-state index is 0.113. The van der Waals surface area contributed by atoms with Gasteiger partial charge in [0.25, 0.3) is 5.69 Å². The van der Waals surface area contributed by atoms with Gasteiger partial charge in [-0.25, -0.2) is 4.98 Å². The van der Waals surface area contributed by atoms with Crippen LogP contribution in [0.2, 0.25) is 0 Å². The summed E-state index contributed by atoms with van der Waals surface area (Å²) in [6, 6.07) is 6.62. The average Bonchev–Trinajstić information content (AvgIpc) is 2.79. The molecule has 2 N–H and O–H groups in total. The molecule has 6 heteroatoms. The van der Waals surface area contributed by atoms with Crippen molar-refractivity contribution in [3.63, 3.8) is 0 Å². The molecule has 0 aliphatic heterocycles. The van der Waals surface area contributed by atoms with Crippen LogP contribution in [0.5, 0.6) is 0 Å². The molecule has 0 amide bonds. The zero-order valence-corrected chi connectivity index (χ0v) is 8.38. The fourth-order valence-corrected chi connectivity index (χ4v) is 1.38. The van der Waals surface area contributed by atoms with Crippen molar-refractivity contribution in [1.82, 2.24) is 9.97 Å². The van der Waals surface area contributed by atoms with Crippen molar-refractivity contribution >= 4 is 11.6 Å². The lowest BCUT2D eigenvalue weighted by Crippen LogP contribution is -2.03. The monoisotopic (exact) mass is 218 g/mol. The van der Waals surface area contributed by atoms with E-state index in [-0.39, 0.29) is 10.6 Å². The van der Waals surface area contributed by atoms with E-state index in [4.69, 9.17) is 0 Å². The number of nitrogens with one attached hydrogen (secondary N) is 2. The summed E-state index contributed by atoms with van der Waals surface area (Å²) < 4.78 is 0. The average molecular weight is 218 g/mol. The summed E-state index contributed by atoms with van der Waals surface area (Å²) in [5, 5.41) is 13.7. The van der Waals surface area contributed by atoms with Crippen LogP contribution in [0.3, 0.4) is 0 Å². The van der Waals surface area contributed by atoms with Crippen molar-refractivity contribution in [2.45, 2.75) is 6.54 Å². The summed E-state index contributed by atoms with van der Waals surface area (Å²) in [6.45, 7) is 0.366. The van der Waals surface area contributed by atoms with Crippen LogP contribution in [0.1, 0.15) is 5.56 Å². The third-order valence-electron chi connectivity index (χ3n) is 2.13. The van der Waals surface area contributed by atoms with E-state index in [0.717, 1.165) is 0 Å².